The predicted octanol–water partition coefficient (Wildman–Crippen LogP) is -0.591. The molecule has 1 fully saturated rings. The first kappa shape index (κ1) is 15.4. The van der Waals surface area contributed by atoms with Crippen molar-refractivity contribution in [2.45, 2.75) is 64.5 Å². The number of aliphatic hydroxyl groups is 3. The smallest absolute Gasteiger partial charge is 0.217 e. The van der Waals surface area contributed by atoms with Crippen LogP contribution in [0.4, 0.5) is 0 Å². The zero-order valence-electron chi connectivity index (χ0n) is 12.2. The second-order valence-corrected chi connectivity index (χ2v) is 4.34. The third-order valence-corrected chi connectivity index (χ3v) is 2.50. The number of nitrogens with one attached hydrogen (secondary N) is 1. The Morgan fingerprint density at radius 1 is 1.39 bits per heavy atom. The van der Waals surface area contributed by atoms with Gasteiger partial charge in [0, 0.05) is 8.27 Å². The van der Waals surface area contributed by atoms with Crippen LogP contribution in [-0.4, -0.2) is 58.3 Å². The van der Waals surface area contributed by atoms with E-state index in [1.807, 2.05) is 0 Å². The number of carbonyl (C=O) groups excluding carboxylic acids is 1. The molecule has 1 heterocycles. The number of aliphatic hydroxyl groups excluding tert-OH is 3. The first-order valence-corrected chi connectivity index (χ1v) is 6.13. The molecular formula is C12H25NO5. The first-order valence-electron chi connectivity index (χ1n) is 6.84. The van der Waals surface area contributed by atoms with Crippen molar-refractivity contribution in [2.24, 2.45) is 0 Å². The fraction of sp³-hybridized carbons (Fsp3) is 0.917. The molecule has 6 heteroatoms. The predicted molar refractivity (Wildman–Crippen MR) is 67.0 cm³/mol. The van der Waals surface area contributed by atoms with Crippen molar-refractivity contribution in [3.63, 3.8) is 0 Å². The van der Waals surface area contributed by atoms with E-state index in [0.717, 1.165) is 0 Å². The van der Waals surface area contributed by atoms with Gasteiger partial charge in [0.1, 0.15) is 18.3 Å². The Labute approximate surface area is 109 Å². The van der Waals surface area contributed by atoms with Crippen molar-refractivity contribution in [3.8, 4) is 0 Å². The zero-order valence-corrected chi connectivity index (χ0v) is 11.2. The lowest BCUT2D eigenvalue weighted by Gasteiger charge is -2.41. The van der Waals surface area contributed by atoms with E-state index in [-0.39, 0.29) is 0 Å². The highest BCUT2D eigenvalue weighted by Gasteiger charge is 2.42. The maximum absolute atomic E-state index is 11.0. The molecule has 5 atom stereocenters. The Balaban J connectivity index is 0.000000982. The molecule has 1 rings (SSSR count). The third-order valence-electron chi connectivity index (χ3n) is 2.50. The highest BCUT2D eigenvalue weighted by molar-refractivity contribution is 5.73. The average Bonchev–Trinajstić information content (AvgIpc) is 2.39. The maximum atomic E-state index is 11.0. The summed E-state index contributed by atoms with van der Waals surface area (Å²) in [6.45, 7) is 5.02. The van der Waals surface area contributed by atoms with Crippen molar-refractivity contribution >= 4 is 5.91 Å². The Hall–Kier alpha value is -0.690. The van der Waals surface area contributed by atoms with Crippen LogP contribution in [0, 0.1) is 0 Å². The van der Waals surface area contributed by atoms with Crippen LogP contribution in [0.5, 0.6) is 0 Å². The molecule has 0 aliphatic carbocycles. The van der Waals surface area contributed by atoms with Gasteiger partial charge in [0.2, 0.25) is 5.91 Å². The van der Waals surface area contributed by atoms with E-state index in [4.69, 9.17) is 11.2 Å². The normalized spacial score (nSPS) is 36.1. The molecule has 0 spiro atoms. The van der Waals surface area contributed by atoms with Crippen LogP contribution in [0.25, 0.3) is 0 Å². The third kappa shape index (κ3) is 4.89. The number of ether oxygens (including phenoxy) is 1. The molecule has 6 nitrogen and oxygen atoms in total. The summed E-state index contributed by atoms with van der Waals surface area (Å²) in [5.41, 5.74) is 0. The highest BCUT2D eigenvalue weighted by Crippen LogP contribution is 2.20. The molecule has 1 aliphatic rings. The first-order chi connectivity index (χ1) is 8.92. The Morgan fingerprint density at radius 3 is 2.39 bits per heavy atom. The molecule has 0 aromatic rings. The lowest BCUT2D eigenvalue weighted by atomic mass is 9.93. The van der Waals surface area contributed by atoms with Crippen LogP contribution in [0.15, 0.2) is 0 Å². The van der Waals surface area contributed by atoms with Gasteiger partial charge >= 0.3 is 0 Å². The molecule has 2 unspecified atom stereocenters. The molecule has 4 N–H and O–H groups in total. The summed E-state index contributed by atoms with van der Waals surface area (Å²) >= 11 is 0. The standard InChI is InChI=1S/C9H17NO5.C3H8/c1-4-7(10-5(2)12)9(14)8(13)6(3-11)15-4;1-3-2/h4,6-9,11,13-14H,3H2,1-2H3,(H,10,12);3H2,1-2H3/t4-,6?,7?,8+,9-;/m1./s1/i2T;. The molecule has 1 saturated heterocycles. The summed E-state index contributed by atoms with van der Waals surface area (Å²) < 4.78 is 12.1. The van der Waals surface area contributed by atoms with Gasteiger partial charge in [-0.25, -0.2) is 0 Å². The van der Waals surface area contributed by atoms with Gasteiger partial charge in [-0.2, -0.15) is 0 Å². The van der Waals surface area contributed by atoms with Crippen molar-refractivity contribution in [2.75, 3.05) is 6.61 Å². The molecule has 0 bridgehead atoms. The zero-order chi connectivity index (χ0) is 15.0. The fourth-order valence-corrected chi connectivity index (χ4v) is 1.69. The van der Waals surface area contributed by atoms with E-state index in [1.54, 1.807) is 6.92 Å². The number of rotatable bonds is 2. The van der Waals surface area contributed by atoms with Gasteiger partial charge in [-0.3, -0.25) is 4.79 Å². The van der Waals surface area contributed by atoms with Crippen molar-refractivity contribution < 1.29 is 26.2 Å². The van der Waals surface area contributed by atoms with Gasteiger partial charge in [-0.1, -0.05) is 20.3 Å². The Bertz CT molecular complexity index is 267. The van der Waals surface area contributed by atoms with Crippen LogP contribution < -0.4 is 5.32 Å². The van der Waals surface area contributed by atoms with Crippen LogP contribution in [0.1, 0.15) is 35.5 Å². The van der Waals surface area contributed by atoms with Crippen LogP contribution in [-0.2, 0) is 9.53 Å². The monoisotopic (exact) mass is 265 g/mol. The molecular weight excluding hydrogens is 238 g/mol. The Morgan fingerprint density at radius 2 is 1.94 bits per heavy atom. The van der Waals surface area contributed by atoms with Gasteiger partial charge in [-0.15, -0.1) is 0 Å². The van der Waals surface area contributed by atoms with Crippen molar-refractivity contribution in [1.82, 2.24) is 5.32 Å². The molecule has 0 aromatic carbocycles. The van der Waals surface area contributed by atoms with Gasteiger partial charge in [0.05, 0.1) is 18.8 Å². The lowest BCUT2D eigenvalue weighted by Crippen LogP contribution is -2.63. The van der Waals surface area contributed by atoms with Gasteiger partial charge in [0.25, 0.3) is 0 Å². The summed E-state index contributed by atoms with van der Waals surface area (Å²) in [6, 6.07) is -0.768. The van der Waals surface area contributed by atoms with Gasteiger partial charge in [0.15, 0.2) is 0 Å². The largest absolute Gasteiger partial charge is 0.394 e. The summed E-state index contributed by atoms with van der Waals surface area (Å²) in [6.07, 6.45) is -2.60. The lowest BCUT2D eigenvalue weighted by molar-refractivity contribution is -0.190. The van der Waals surface area contributed by atoms with Crippen molar-refractivity contribution in [1.29, 1.82) is 0 Å². The quantitative estimate of drug-likeness (QED) is 0.535. The molecule has 0 aromatic heterocycles. The van der Waals surface area contributed by atoms with Crippen LogP contribution >= 0.6 is 0 Å². The minimum atomic E-state index is -1.25. The maximum Gasteiger partial charge on any atom is 0.217 e. The van der Waals surface area contributed by atoms with Crippen LogP contribution in [0.2, 0.25) is 0 Å². The minimum absolute atomic E-state index is 0.401. The number of amides is 1. The minimum Gasteiger partial charge on any atom is -0.394 e. The SMILES string of the molecule is CCC.[3H]CC(=O)NC1[C@@H](O)[C@@H](O)C(CO)O[C@@H]1C. The van der Waals surface area contributed by atoms with E-state index in [0.29, 0.717) is 0 Å². The molecule has 1 aliphatic heterocycles. The van der Waals surface area contributed by atoms with Crippen LogP contribution in [0.3, 0.4) is 0 Å². The summed E-state index contributed by atoms with van der Waals surface area (Å²) in [5, 5.41) is 30.6. The van der Waals surface area contributed by atoms with Gasteiger partial charge in [-0.05, 0) is 6.92 Å². The van der Waals surface area contributed by atoms with E-state index >= 15 is 0 Å². The molecule has 0 radical (unpaired) electrons. The number of hydrogen-bond acceptors (Lipinski definition) is 5. The highest BCUT2D eigenvalue weighted by atomic mass is 16.5. The summed E-state index contributed by atoms with van der Waals surface area (Å²) in [7, 11) is 0. The fourth-order valence-electron chi connectivity index (χ4n) is 1.69. The topological polar surface area (TPSA) is 99.0 Å². The van der Waals surface area contributed by atoms with Crippen molar-refractivity contribution in [3.05, 3.63) is 0 Å². The summed E-state index contributed by atoms with van der Waals surface area (Å²) in [5.74, 6) is -0.547. The number of carbonyl (C=O) groups is 1. The molecule has 1 amide bonds. The van der Waals surface area contributed by atoms with Gasteiger partial charge < -0.3 is 25.4 Å². The van der Waals surface area contributed by atoms with E-state index in [2.05, 4.69) is 19.2 Å². The van der Waals surface area contributed by atoms with E-state index in [1.165, 1.54) is 6.42 Å². The Kier molecular flexibility index (Phi) is 7.19. The second-order valence-electron chi connectivity index (χ2n) is 4.34. The molecule has 18 heavy (non-hydrogen) atoms. The van der Waals surface area contributed by atoms with E-state index in [9.17, 15) is 15.0 Å². The summed E-state index contributed by atoms with van der Waals surface area (Å²) in [4.78, 5) is 11.0. The molecule has 0 saturated carbocycles. The second kappa shape index (κ2) is 8.42. The average molecular weight is 265 g/mol. The number of hydrogen-bond donors (Lipinski definition) is 4. The van der Waals surface area contributed by atoms with E-state index < -0.39 is 49.9 Å². The molecule has 108 valence electrons.